The Morgan fingerprint density at radius 2 is 2.00 bits per heavy atom. The molecule has 130 valence electrons. The van der Waals surface area contributed by atoms with Gasteiger partial charge in [-0.15, -0.1) is 13.2 Å². The van der Waals surface area contributed by atoms with Crippen molar-refractivity contribution in [2.75, 3.05) is 0 Å². The number of hydrogen-bond donors (Lipinski definition) is 1. The number of carbonyl (C=O) groups excluding carboxylic acids is 1. The highest BCUT2D eigenvalue weighted by Crippen LogP contribution is 2.24. The van der Waals surface area contributed by atoms with Crippen LogP contribution in [0.3, 0.4) is 0 Å². The molecule has 0 aliphatic heterocycles. The van der Waals surface area contributed by atoms with Crippen LogP contribution in [0.2, 0.25) is 0 Å². The van der Waals surface area contributed by atoms with Gasteiger partial charge in [-0.2, -0.15) is 4.98 Å². The van der Waals surface area contributed by atoms with Crippen LogP contribution in [0.4, 0.5) is 13.2 Å². The highest BCUT2D eigenvalue weighted by molar-refractivity contribution is 5.76. The fourth-order valence-electron chi connectivity index (χ4n) is 2.02. The number of nitrogens with zero attached hydrogens (tertiary/aromatic N) is 2. The van der Waals surface area contributed by atoms with Crippen LogP contribution in [0.5, 0.6) is 5.75 Å². The van der Waals surface area contributed by atoms with Gasteiger partial charge in [0, 0.05) is 12.8 Å². The average Bonchev–Trinajstić information content (AvgIpc) is 2.90. The maximum Gasteiger partial charge on any atom is 0.573 e. The molecule has 9 heteroatoms. The monoisotopic (exact) mass is 343 g/mol. The summed E-state index contributed by atoms with van der Waals surface area (Å²) in [6.45, 7) is 3.41. The average molecular weight is 343 g/mol. The van der Waals surface area contributed by atoms with Gasteiger partial charge in [-0.3, -0.25) is 4.79 Å². The number of amides is 1. The van der Waals surface area contributed by atoms with Crippen LogP contribution in [0, 0.1) is 6.92 Å². The second-order valence-corrected chi connectivity index (χ2v) is 5.14. The Bertz CT molecular complexity index is 683. The quantitative estimate of drug-likeness (QED) is 0.872. The topological polar surface area (TPSA) is 77.2 Å². The van der Waals surface area contributed by atoms with Crippen LogP contribution < -0.4 is 10.1 Å². The molecule has 1 aromatic carbocycles. The third kappa shape index (κ3) is 5.56. The number of nitrogens with one attached hydrogen (secondary N) is 1. The summed E-state index contributed by atoms with van der Waals surface area (Å²) in [7, 11) is 0. The normalized spacial score (nSPS) is 12.7. The molecule has 1 atom stereocenters. The molecule has 1 N–H and O–H groups in total. The van der Waals surface area contributed by atoms with Crippen LogP contribution in [0.25, 0.3) is 0 Å². The number of rotatable bonds is 6. The Morgan fingerprint density at radius 1 is 1.33 bits per heavy atom. The van der Waals surface area contributed by atoms with Gasteiger partial charge in [-0.25, -0.2) is 0 Å². The first-order chi connectivity index (χ1) is 11.2. The maximum atomic E-state index is 12.1. The van der Waals surface area contributed by atoms with Crippen LogP contribution >= 0.6 is 0 Å². The van der Waals surface area contributed by atoms with Crippen LogP contribution in [-0.2, 0) is 11.2 Å². The Morgan fingerprint density at radius 3 is 2.54 bits per heavy atom. The van der Waals surface area contributed by atoms with Crippen LogP contribution in [0.1, 0.15) is 36.7 Å². The van der Waals surface area contributed by atoms with Gasteiger partial charge in [0.25, 0.3) is 0 Å². The SMILES string of the molecule is Cc1noc(CCC(=O)NC(C)c2ccc(OC(F)(F)F)cc2)n1. The number of benzene rings is 1. The number of halogens is 3. The molecule has 0 aliphatic carbocycles. The van der Waals surface area contributed by atoms with E-state index in [-0.39, 0.29) is 24.1 Å². The molecule has 0 radical (unpaired) electrons. The maximum absolute atomic E-state index is 12.1. The van der Waals surface area contributed by atoms with E-state index in [9.17, 15) is 18.0 Å². The predicted molar refractivity (Wildman–Crippen MR) is 77.0 cm³/mol. The predicted octanol–water partition coefficient (Wildman–Crippen LogP) is 3.09. The van der Waals surface area contributed by atoms with E-state index in [2.05, 4.69) is 20.2 Å². The minimum atomic E-state index is -4.73. The summed E-state index contributed by atoms with van der Waals surface area (Å²) in [5.41, 5.74) is 0.659. The van der Waals surface area contributed by atoms with E-state index in [1.165, 1.54) is 24.3 Å². The lowest BCUT2D eigenvalue weighted by Gasteiger charge is -2.15. The molecular weight excluding hydrogens is 327 g/mol. The summed E-state index contributed by atoms with van der Waals surface area (Å²) in [5, 5.41) is 6.38. The van der Waals surface area contributed by atoms with Gasteiger partial charge in [0.2, 0.25) is 11.8 Å². The standard InChI is InChI=1S/C15H16F3N3O3/c1-9(11-3-5-12(6-4-11)23-15(16,17)18)19-13(22)7-8-14-20-10(2)21-24-14/h3-6,9H,7-8H2,1-2H3,(H,19,22). The third-order valence-electron chi connectivity index (χ3n) is 3.13. The Labute approximate surface area is 136 Å². The summed E-state index contributed by atoms with van der Waals surface area (Å²) < 4.78 is 45.0. The first-order valence-electron chi connectivity index (χ1n) is 7.17. The lowest BCUT2D eigenvalue weighted by Crippen LogP contribution is -2.26. The smallest absolute Gasteiger partial charge is 0.406 e. The zero-order valence-electron chi connectivity index (χ0n) is 13.1. The van der Waals surface area contributed by atoms with Crippen LogP contribution in [-0.4, -0.2) is 22.4 Å². The molecule has 0 fully saturated rings. The van der Waals surface area contributed by atoms with E-state index in [1.807, 2.05) is 0 Å². The van der Waals surface area contributed by atoms with Gasteiger partial charge >= 0.3 is 6.36 Å². The second-order valence-electron chi connectivity index (χ2n) is 5.14. The van der Waals surface area contributed by atoms with E-state index >= 15 is 0 Å². The van der Waals surface area contributed by atoms with E-state index in [0.29, 0.717) is 23.7 Å². The fourth-order valence-corrected chi connectivity index (χ4v) is 2.02. The molecule has 0 saturated heterocycles. The molecule has 1 unspecified atom stereocenters. The number of carbonyl (C=O) groups is 1. The Hall–Kier alpha value is -2.58. The minimum absolute atomic E-state index is 0.168. The molecule has 0 spiro atoms. The van der Waals surface area contributed by atoms with E-state index in [4.69, 9.17) is 4.52 Å². The molecule has 0 bridgehead atoms. The Balaban J connectivity index is 1.84. The number of aryl methyl sites for hydroxylation is 2. The van der Waals surface area contributed by atoms with Gasteiger partial charge in [0.15, 0.2) is 5.82 Å². The molecule has 1 heterocycles. The van der Waals surface area contributed by atoms with Crippen molar-refractivity contribution in [3.05, 3.63) is 41.5 Å². The zero-order chi connectivity index (χ0) is 17.7. The lowest BCUT2D eigenvalue weighted by atomic mass is 10.1. The van der Waals surface area contributed by atoms with Crippen molar-refractivity contribution >= 4 is 5.91 Å². The summed E-state index contributed by atoms with van der Waals surface area (Å²) in [4.78, 5) is 15.9. The first kappa shape index (κ1) is 17.8. The number of aromatic nitrogens is 2. The largest absolute Gasteiger partial charge is 0.573 e. The van der Waals surface area contributed by atoms with Gasteiger partial charge in [0.05, 0.1) is 6.04 Å². The summed E-state index contributed by atoms with van der Waals surface area (Å²) >= 11 is 0. The number of ether oxygens (including phenoxy) is 1. The molecule has 6 nitrogen and oxygen atoms in total. The molecule has 2 rings (SSSR count). The summed E-state index contributed by atoms with van der Waals surface area (Å²) in [6, 6.07) is 4.97. The first-order valence-corrected chi connectivity index (χ1v) is 7.17. The van der Waals surface area contributed by atoms with Crippen molar-refractivity contribution < 1.29 is 27.2 Å². The molecule has 0 saturated carbocycles. The van der Waals surface area contributed by atoms with Gasteiger partial charge in [-0.05, 0) is 31.5 Å². The third-order valence-corrected chi connectivity index (χ3v) is 3.13. The van der Waals surface area contributed by atoms with Crippen LogP contribution in [0.15, 0.2) is 28.8 Å². The fraction of sp³-hybridized carbons (Fsp3) is 0.400. The minimum Gasteiger partial charge on any atom is -0.406 e. The second kappa shape index (κ2) is 7.33. The van der Waals surface area contributed by atoms with Crippen molar-refractivity contribution in [1.29, 1.82) is 0 Å². The van der Waals surface area contributed by atoms with Gasteiger partial charge in [-0.1, -0.05) is 17.3 Å². The van der Waals surface area contributed by atoms with Crippen molar-refractivity contribution in [2.45, 2.75) is 39.1 Å². The van der Waals surface area contributed by atoms with Crippen molar-refractivity contribution in [2.24, 2.45) is 0 Å². The van der Waals surface area contributed by atoms with E-state index < -0.39 is 6.36 Å². The molecule has 24 heavy (non-hydrogen) atoms. The summed E-state index contributed by atoms with van der Waals surface area (Å²) in [5.74, 6) is 0.342. The lowest BCUT2D eigenvalue weighted by molar-refractivity contribution is -0.274. The van der Waals surface area contributed by atoms with E-state index in [0.717, 1.165) is 0 Å². The van der Waals surface area contributed by atoms with Gasteiger partial charge in [0.1, 0.15) is 5.75 Å². The number of alkyl halides is 3. The highest BCUT2D eigenvalue weighted by atomic mass is 19.4. The van der Waals surface area contributed by atoms with Crippen molar-refractivity contribution in [3.63, 3.8) is 0 Å². The molecule has 1 amide bonds. The molecule has 0 aliphatic rings. The zero-order valence-corrected chi connectivity index (χ0v) is 13.1. The number of hydrogen-bond acceptors (Lipinski definition) is 5. The van der Waals surface area contributed by atoms with Crippen molar-refractivity contribution in [1.82, 2.24) is 15.5 Å². The molecule has 1 aromatic heterocycles. The van der Waals surface area contributed by atoms with Gasteiger partial charge < -0.3 is 14.6 Å². The van der Waals surface area contributed by atoms with E-state index in [1.54, 1.807) is 13.8 Å². The Kier molecular flexibility index (Phi) is 5.42. The van der Waals surface area contributed by atoms with Crippen molar-refractivity contribution in [3.8, 4) is 5.75 Å². The summed E-state index contributed by atoms with van der Waals surface area (Å²) in [6.07, 6.45) is -4.24. The molecular formula is C15H16F3N3O3. The molecule has 2 aromatic rings. The highest BCUT2D eigenvalue weighted by Gasteiger charge is 2.31.